The zero-order valence-corrected chi connectivity index (χ0v) is 13.9. The van der Waals surface area contributed by atoms with Gasteiger partial charge < -0.3 is 20.5 Å². The lowest BCUT2D eigenvalue weighted by atomic mass is 10.2. The number of fused-ring (bicyclic) bond motifs is 1. The summed E-state index contributed by atoms with van der Waals surface area (Å²) >= 11 is 0. The average molecular weight is 315 g/mol. The molecule has 1 aromatic heterocycles. The Morgan fingerprint density at radius 3 is 2.78 bits per heavy atom. The lowest BCUT2D eigenvalue weighted by molar-refractivity contribution is 0.155. The molecular formula is C17H25N5O. The molecule has 3 N–H and O–H groups in total. The summed E-state index contributed by atoms with van der Waals surface area (Å²) in [6, 6.07) is 7.82. The predicted octanol–water partition coefficient (Wildman–Crippen LogP) is 1.85. The van der Waals surface area contributed by atoms with Crippen molar-refractivity contribution in [1.82, 2.24) is 20.1 Å². The SMILES string of the molecule is Cc1cc2cc(NC(=O)NCCN3CCN(C)CC3)ccc2[nH]1. The van der Waals surface area contributed by atoms with E-state index >= 15 is 0 Å². The first-order valence-electron chi connectivity index (χ1n) is 8.15. The fourth-order valence-electron chi connectivity index (χ4n) is 2.93. The van der Waals surface area contributed by atoms with E-state index in [9.17, 15) is 4.79 Å². The first kappa shape index (κ1) is 15.8. The van der Waals surface area contributed by atoms with Crippen LogP contribution in [0.1, 0.15) is 5.69 Å². The number of carbonyl (C=O) groups is 1. The number of nitrogens with one attached hydrogen (secondary N) is 3. The highest BCUT2D eigenvalue weighted by atomic mass is 16.2. The van der Waals surface area contributed by atoms with Crippen LogP contribution in [-0.2, 0) is 0 Å². The maximum absolute atomic E-state index is 12.0. The van der Waals surface area contributed by atoms with E-state index in [-0.39, 0.29) is 6.03 Å². The highest BCUT2D eigenvalue weighted by Gasteiger charge is 2.13. The van der Waals surface area contributed by atoms with Crippen LogP contribution in [-0.4, -0.2) is 67.1 Å². The van der Waals surface area contributed by atoms with Gasteiger partial charge in [-0.25, -0.2) is 4.79 Å². The smallest absolute Gasteiger partial charge is 0.319 e. The second kappa shape index (κ2) is 7.02. The van der Waals surface area contributed by atoms with Crippen molar-refractivity contribution in [3.05, 3.63) is 30.0 Å². The van der Waals surface area contributed by atoms with Gasteiger partial charge >= 0.3 is 6.03 Å². The molecule has 1 aromatic carbocycles. The van der Waals surface area contributed by atoms with Crippen LogP contribution in [0.25, 0.3) is 10.9 Å². The number of piperazine rings is 1. The second-order valence-corrected chi connectivity index (χ2v) is 6.28. The Bertz CT molecular complexity index is 673. The number of amides is 2. The number of H-pyrrole nitrogens is 1. The predicted molar refractivity (Wildman–Crippen MR) is 94.0 cm³/mol. The summed E-state index contributed by atoms with van der Waals surface area (Å²) in [6.45, 7) is 7.94. The lowest BCUT2D eigenvalue weighted by Crippen LogP contribution is -2.47. The Morgan fingerprint density at radius 2 is 2.00 bits per heavy atom. The number of aromatic nitrogens is 1. The molecule has 23 heavy (non-hydrogen) atoms. The molecule has 6 nitrogen and oxygen atoms in total. The Hall–Kier alpha value is -2.05. The normalized spacial score (nSPS) is 16.6. The monoisotopic (exact) mass is 315 g/mol. The van der Waals surface area contributed by atoms with E-state index in [0.717, 1.165) is 55.0 Å². The molecule has 124 valence electrons. The topological polar surface area (TPSA) is 63.4 Å². The van der Waals surface area contributed by atoms with Gasteiger partial charge in [0.1, 0.15) is 0 Å². The van der Waals surface area contributed by atoms with E-state index in [2.05, 4.69) is 38.5 Å². The Morgan fingerprint density at radius 1 is 1.22 bits per heavy atom. The van der Waals surface area contributed by atoms with Crippen LogP contribution in [0.3, 0.4) is 0 Å². The number of nitrogens with zero attached hydrogens (tertiary/aromatic N) is 2. The van der Waals surface area contributed by atoms with E-state index in [4.69, 9.17) is 0 Å². The Kier molecular flexibility index (Phi) is 4.83. The van der Waals surface area contributed by atoms with Gasteiger partial charge in [-0.05, 0) is 38.2 Å². The lowest BCUT2D eigenvalue weighted by Gasteiger charge is -2.32. The van der Waals surface area contributed by atoms with Gasteiger partial charge in [-0.1, -0.05) is 0 Å². The largest absolute Gasteiger partial charge is 0.359 e. The van der Waals surface area contributed by atoms with Crippen molar-refractivity contribution in [3.63, 3.8) is 0 Å². The van der Waals surface area contributed by atoms with Crippen LogP contribution in [0, 0.1) is 6.92 Å². The quantitative estimate of drug-likeness (QED) is 0.807. The second-order valence-electron chi connectivity index (χ2n) is 6.28. The molecule has 2 amide bonds. The van der Waals surface area contributed by atoms with Crippen molar-refractivity contribution in [2.75, 3.05) is 51.6 Å². The first-order chi connectivity index (χ1) is 11.1. The van der Waals surface area contributed by atoms with Gasteiger partial charge in [0.25, 0.3) is 0 Å². The molecule has 0 radical (unpaired) electrons. The van der Waals surface area contributed by atoms with Crippen molar-refractivity contribution in [2.24, 2.45) is 0 Å². The number of aromatic amines is 1. The molecule has 0 saturated carbocycles. The number of urea groups is 1. The molecule has 0 atom stereocenters. The molecule has 1 saturated heterocycles. The maximum atomic E-state index is 12.0. The molecule has 0 unspecified atom stereocenters. The third kappa shape index (κ3) is 4.24. The molecule has 0 bridgehead atoms. The summed E-state index contributed by atoms with van der Waals surface area (Å²) in [5.41, 5.74) is 3.02. The maximum Gasteiger partial charge on any atom is 0.319 e. The molecule has 2 aromatic rings. The molecule has 3 rings (SSSR count). The van der Waals surface area contributed by atoms with Crippen LogP contribution >= 0.6 is 0 Å². The van der Waals surface area contributed by atoms with Crippen molar-refractivity contribution in [3.8, 4) is 0 Å². The Labute approximate surface area is 136 Å². The highest BCUT2D eigenvalue weighted by molar-refractivity contribution is 5.92. The highest BCUT2D eigenvalue weighted by Crippen LogP contribution is 2.19. The number of aryl methyl sites for hydroxylation is 1. The van der Waals surface area contributed by atoms with Crippen LogP contribution in [0.5, 0.6) is 0 Å². The summed E-state index contributed by atoms with van der Waals surface area (Å²) in [4.78, 5) is 20.0. The van der Waals surface area contributed by atoms with Gasteiger partial charge in [-0.3, -0.25) is 4.90 Å². The minimum atomic E-state index is -0.147. The fourth-order valence-corrected chi connectivity index (χ4v) is 2.93. The van der Waals surface area contributed by atoms with Crippen molar-refractivity contribution in [2.45, 2.75) is 6.92 Å². The van der Waals surface area contributed by atoms with Gasteiger partial charge in [-0.2, -0.15) is 0 Å². The summed E-state index contributed by atoms with van der Waals surface area (Å²) < 4.78 is 0. The molecule has 0 spiro atoms. The van der Waals surface area contributed by atoms with Crippen LogP contribution in [0.2, 0.25) is 0 Å². The number of hydrogen-bond acceptors (Lipinski definition) is 3. The number of anilines is 1. The van der Waals surface area contributed by atoms with E-state index in [1.54, 1.807) is 0 Å². The van der Waals surface area contributed by atoms with Gasteiger partial charge in [0.2, 0.25) is 0 Å². The zero-order chi connectivity index (χ0) is 16.2. The van der Waals surface area contributed by atoms with E-state index in [1.807, 2.05) is 25.1 Å². The van der Waals surface area contributed by atoms with Gasteiger partial charge in [-0.15, -0.1) is 0 Å². The van der Waals surface area contributed by atoms with Gasteiger partial charge in [0, 0.05) is 61.6 Å². The number of hydrogen-bond donors (Lipinski definition) is 3. The van der Waals surface area contributed by atoms with E-state index in [0.29, 0.717) is 6.54 Å². The third-order valence-electron chi connectivity index (χ3n) is 4.32. The number of carbonyl (C=O) groups excluding carboxylic acids is 1. The standard InChI is InChI=1S/C17H25N5O/c1-13-11-14-12-15(3-4-16(14)19-13)20-17(23)18-5-6-22-9-7-21(2)8-10-22/h3-4,11-12,19H,5-10H2,1-2H3,(H2,18,20,23). The summed E-state index contributed by atoms with van der Waals surface area (Å²) in [5, 5.41) is 6.94. The Balaban J connectivity index is 1.44. The minimum absolute atomic E-state index is 0.147. The minimum Gasteiger partial charge on any atom is -0.359 e. The average Bonchev–Trinajstić information content (AvgIpc) is 2.88. The van der Waals surface area contributed by atoms with Crippen molar-refractivity contribution >= 4 is 22.6 Å². The van der Waals surface area contributed by atoms with Crippen LogP contribution < -0.4 is 10.6 Å². The van der Waals surface area contributed by atoms with Crippen molar-refractivity contribution < 1.29 is 4.79 Å². The molecule has 2 heterocycles. The molecular weight excluding hydrogens is 290 g/mol. The summed E-state index contributed by atoms with van der Waals surface area (Å²) in [6.07, 6.45) is 0. The summed E-state index contributed by atoms with van der Waals surface area (Å²) in [7, 11) is 2.14. The first-order valence-corrected chi connectivity index (χ1v) is 8.15. The molecule has 1 aliphatic rings. The zero-order valence-electron chi connectivity index (χ0n) is 13.9. The number of benzene rings is 1. The van der Waals surface area contributed by atoms with Crippen LogP contribution in [0.15, 0.2) is 24.3 Å². The van der Waals surface area contributed by atoms with E-state index in [1.165, 1.54) is 0 Å². The van der Waals surface area contributed by atoms with E-state index < -0.39 is 0 Å². The molecule has 1 aliphatic heterocycles. The van der Waals surface area contributed by atoms with Crippen molar-refractivity contribution in [1.29, 1.82) is 0 Å². The van der Waals surface area contributed by atoms with Crippen LogP contribution in [0.4, 0.5) is 10.5 Å². The summed E-state index contributed by atoms with van der Waals surface area (Å²) in [5.74, 6) is 0. The molecule has 6 heteroatoms. The third-order valence-corrected chi connectivity index (χ3v) is 4.32. The molecule has 1 fully saturated rings. The fraction of sp³-hybridized carbons (Fsp3) is 0.471. The van der Waals surface area contributed by atoms with Gasteiger partial charge in [0.15, 0.2) is 0 Å². The molecule has 0 aliphatic carbocycles. The number of likely N-dealkylation sites (N-methyl/N-ethyl adjacent to an activating group) is 1. The number of rotatable bonds is 4. The van der Waals surface area contributed by atoms with Gasteiger partial charge in [0.05, 0.1) is 0 Å².